The zero-order valence-electron chi connectivity index (χ0n) is 11.9. The second-order valence-electron chi connectivity index (χ2n) is 4.86. The third-order valence-electron chi connectivity index (χ3n) is 3.60. The molecule has 1 aromatic rings. The minimum absolute atomic E-state index is 0.337. The molecular weight excluding hydrogens is 244 g/mol. The lowest BCUT2D eigenvalue weighted by Crippen LogP contribution is -2.40. The van der Waals surface area contributed by atoms with Crippen molar-refractivity contribution in [3.63, 3.8) is 0 Å². The summed E-state index contributed by atoms with van der Waals surface area (Å²) in [6.45, 7) is 5.47. The van der Waals surface area contributed by atoms with Gasteiger partial charge in [-0.05, 0) is 39.1 Å². The number of nitrogens with one attached hydrogen (secondary N) is 1. The molecule has 0 spiro atoms. The van der Waals surface area contributed by atoms with E-state index in [1.807, 2.05) is 19.2 Å². The Labute approximate surface area is 116 Å². The van der Waals surface area contributed by atoms with E-state index in [2.05, 4.69) is 43.2 Å². The fraction of sp³-hybridized carbons (Fsp3) is 0.600. The summed E-state index contributed by atoms with van der Waals surface area (Å²) < 4.78 is 0. The SMILES string of the molecule is CCCC(CNC)N(C)C(C)c1ccccc1Cl. The Morgan fingerprint density at radius 3 is 2.56 bits per heavy atom. The van der Waals surface area contributed by atoms with Crippen LogP contribution in [0.2, 0.25) is 5.02 Å². The molecule has 0 amide bonds. The van der Waals surface area contributed by atoms with E-state index < -0.39 is 0 Å². The standard InChI is InChI=1S/C15H25ClN2/c1-5-8-13(11-17-3)18(4)12(2)14-9-6-7-10-15(14)16/h6-7,9-10,12-13,17H,5,8,11H2,1-4H3. The fourth-order valence-electron chi connectivity index (χ4n) is 2.37. The van der Waals surface area contributed by atoms with Gasteiger partial charge in [0.2, 0.25) is 0 Å². The number of halogens is 1. The number of hydrogen-bond acceptors (Lipinski definition) is 2. The number of nitrogens with zero attached hydrogens (tertiary/aromatic N) is 1. The van der Waals surface area contributed by atoms with Crippen molar-refractivity contribution in [3.05, 3.63) is 34.9 Å². The van der Waals surface area contributed by atoms with Gasteiger partial charge in [-0.2, -0.15) is 0 Å². The van der Waals surface area contributed by atoms with Crippen molar-refractivity contribution in [2.45, 2.75) is 38.8 Å². The summed E-state index contributed by atoms with van der Waals surface area (Å²) in [6.07, 6.45) is 2.40. The van der Waals surface area contributed by atoms with Crippen molar-refractivity contribution >= 4 is 11.6 Å². The molecule has 2 nitrogen and oxygen atoms in total. The molecule has 0 aromatic heterocycles. The maximum Gasteiger partial charge on any atom is 0.0453 e. The van der Waals surface area contributed by atoms with Crippen molar-refractivity contribution in [2.75, 3.05) is 20.6 Å². The van der Waals surface area contributed by atoms with Gasteiger partial charge >= 0.3 is 0 Å². The summed E-state index contributed by atoms with van der Waals surface area (Å²) in [5, 5.41) is 4.14. The van der Waals surface area contributed by atoms with Crippen LogP contribution in [0.1, 0.15) is 38.3 Å². The van der Waals surface area contributed by atoms with Crippen LogP contribution in [0.25, 0.3) is 0 Å². The van der Waals surface area contributed by atoms with Crippen LogP contribution in [0.5, 0.6) is 0 Å². The zero-order chi connectivity index (χ0) is 13.5. The molecule has 0 radical (unpaired) electrons. The van der Waals surface area contributed by atoms with E-state index in [1.54, 1.807) is 0 Å². The molecule has 2 atom stereocenters. The number of benzene rings is 1. The molecule has 0 aliphatic heterocycles. The van der Waals surface area contributed by atoms with E-state index >= 15 is 0 Å². The predicted molar refractivity (Wildman–Crippen MR) is 80.3 cm³/mol. The lowest BCUT2D eigenvalue weighted by Gasteiger charge is -2.33. The van der Waals surface area contributed by atoms with Crippen molar-refractivity contribution in [3.8, 4) is 0 Å². The number of likely N-dealkylation sites (N-methyl/N-ethyl adjacent to an activating group) is 2. The Balaban J connectivity index is 2.81. The molecule has 3 heteroatoms. The molecule has 0 fully saturated rings. The first-order valence-electron chi connectivity index (χ1n) is 6.72. The zero-order valence-corrected chi connectivity index (χ0v) is 12.7. The minimum Gasteiger partial charge on any atom is -0.318 e. The summed E-state index contributed by atoms with van der Waals surface area (Å²) in [6, 6.07) is 9.00. The van der Waals surface area contributed by atoms with E-state index in [0.717, 1.165) is 11.6 Å². The monoisotopic (exact) mass is 268 g/mol. The molecule has 102 valence electrons. The molecule has 0 aliphatic carbocycles. The van der Waals surface area contributed by atoms with E-state index in [9.17, 15) is 0 Å². The smallest absolute Gasteiger partial charge is 0.0453 e. The molecule has 0 aliphatic rings. The minimum atomic E-state index is 0.337. The second-order valence-corrected chi connectivity index (χ2v) is 5.27. The fourth-order valence-corrected chi connectivity index (χ4v) is 2.66. The molecule has 18 heavy (non-hydrogen) atoms. The van der Waals surface area contributed by atoms with Gasteiger partial charge < -0.3 is 5.32 Å². The molecular formula is C15H25ClN2. The highest BCUT2D eigenvalue weighted by Crippen LogP contribution is 2.28. The molecule has 0 bridgehead atoms. The van der Waals surface area contributed by atoms with Gasteiger partial charge in [0.15, 0.2) is 0 Å². The van der Waals surface area contributed by atoms with Gasteiger partial charge in [-0.1, -0.05) is 43.1 Å². The van der Waals surface area contributed by atoms with Gasteiger partial charge in [-0.3, -0.25) is 4.90 Å². The van der Waals surface area contributed by atoms with E-state index in [0.29, 0.717) is 12.1 Å². The van der Waals surface area contributed by atoms with Gasteiger partial charge in [0.05, 0.1) is 0 Å². The Hall–Kier alpha value is -0.570. The van der Waals surface area contributed by atoms with Gasteiger partial charge in [0, 0.05) is 23.7 Å². The predicted octanol–water partition coefficient (Wildman–Crippen LogP) is 3.72. The Kier molecular flexibility index (Phi) is 6.69. The van der Waals surface area contributed by atoms with Gasteiger partial charge in [0.25, 0.3) is 0 Å². The molecule has 0 saturated heterocycles. The summed E-state index contributed by atoms with van der Waals surface area (Å²) in [7, 11) is 4.20. The van der Waals surface area contributed by atoms with Gasteiger partial charge in [-0.25, -0.2) is 0 Å². The normalized spacial score (nSPS) is 14.8. The van der Waals surface area contributed by atoms with Crippen molar-refractivity contribution in [1.29, 1.82) is 0 Å². The van der Waals surface area contributed by atoms with Crippen LogP contribution in [-0.2, 0) is 0 Å². The van der Waals surface area contributed by atoms with Crippen LogP contribution < -0.4 is 5.32 Å². The van der Waals surface area contributed by atoms with E-state index in [-0.39, 0.29) is 0 Å². The van der Waals surface area contributed by atoms with E-state index in [1.165, 1.54) is 18.4 Å². The molecule has 2 unspecified atom stereocenters. The van der Waals surface area contributed by atoms with E-state index in [4.69, 9.17) is 11.6 Å². The van der Waals surface area contributed by atoms with Crippen LogP contribution in [0, 0.1) is 0 Å². The maximum atomic E-state index is 6.28. The summed E-state index contributed by atoms with van der Waals surface area (Å²) >= 11 is 6.28. The Bertz CT molecular complexity index is 348. The third kappa shape index (κ3) is 3.98. The number of hydrogen-bond donors (Lipinski definition) is 1. The molecule has 1 N–H and O–H groups in total. The first-order chi connectivity index (χ1) is 8.61. The van der Waals surface area contributed by atoms with Gasteiger partial charge in [0.1, 0.15) is 0 Å². The lowest BCUT2D eigenvalue weighted by molar-refractivity contribution is 0.173. The average molecular weight is 269 g/mol. The first-order valence-corrected chi connectivity index (χ1v) is 7.10. The first kappa shape index (κ1) is 15.5. The largest absolute Gasteiger partial charge is 0.318 e. The highest BCUT2D eigenvalue weighted by molar-refractivity contribution is 6.31. The van der Waals surface area contributed by atoms with Crippen molar-refractivity contribution in [1.82, 2.24) is 10.2 Å². The highest BCUT2D eigenvalue weighted by Gasteiger charge is 2.21. The number of rotatable bonds is 7. The van der Waals surface area contributed by atoms with Crippen LogP contribution >= 0.6 is 11.6 Å². The topological polar surface area (TPSA) is 15.3 Å². The third-order valence-corrected chi connectivity index (χ3v) is 3.95. The molecule has 0 saturated carbocycles. The van der Waals surface area contributed by atoms with Crippen molar-refractivity contribution < 1.29 is 0 Å². The molecule has 1 rings (SSSR count). The molecule has 0 heterocycles. The summed E-state index contributed by atoms with van der Waals surface area (Å²) in [5.41, 5.74) is 1.21. The average Bonchev–Trinajstić information content (AvgIpc) is 2.37. The second kappa shape index (κ2) is 7.78. The summed E-state index contributed by atoms with van der Waals surface area (Å²) in [4.78, 5) is 2.42. The maximum absolute atomic E-state index is 6.28. The quantitative estimate of drug-likeness (QED) is 0.811. The molecule has 1 aromatic carbocycles. The van der Waals surface area contributed by atoms with Gasteiger partial charge in [-0.15, -0.1) is 0 Å². The van der Waals surface area contributed by atoms with Crippen LogP contribution in [0.4, 0.5) is 0 Å². The summed E-state index contributed by atoms with van der Waals surface area (Å²) in [5.74, 6) is 0. The lowest BCUT2D eigenvalue weighted by atomic mass is 10.0. The van der Waals surface area contributed by atoms with Crippen LogP contribution in [0.3, 0.4) is 0 Å². The van der Waals surface area contributed by atoms with Crippen molar-refractivity contribution in [2.24, 2.45) is 0 Å². The highest BCUT2D eigenvalue weighted by atomic mass is 35.5. The van der Waals surface area contributed by atoms with Crippen LogP contribution in [0.15, 0.2) is 24.3 Å². The Morgan fingerprint density at radius 1 is 1.33 bits per heavy atom. The van der Waals surface area contributed by atoms with Crippen LogP contribution in [-0.4, -0.2) is 31.6 Å². The Morgan fingerprint density at radius 2 is 2.00 bits per heavy atom.